The zero-order valence-electron chi connectivity index (χ0n) is 15.1. The molecule has 2 aromatic carbocycles. The van der Waals surface area contributed by atoms with Gasteiger partial charge in [0.15, 0.2) is 0 Å². The fourth-order valence-corrected chi connectivity index (χ4v) is 3.40. The molecule has 0 radical (unpaired) electrons. The number of aryl methyl sites for hydroxylation is 4. The molecule has 4 nitrogen and oxygen atoms in total. The van der Waals surface area contributed by atoms with Gasteiger partial charge in [0.1, 0.15) is 0 Å². The first-order valence-electron chi connectivity index (χ1n) is 8.69. The summed E-state index contributed by atoms with van der Waals surface area (Å²) in [5.41, 5.74) is 6.11. The molecule has 25 heavy (non-hydrogen) atoms. The van der Waals surface area contributed by atoms with Crippen LogP contribution >= 0.6 is 0 Å². The third-order valence-electron chi connectivity index (χ3n) is 4.82. The standard InChI is InChI=1S/C21H24N2O2/c1-14-6-4-7-15(2)20(14)22-19(24)13-23(3)21(25)18-11-10-16-8-5-9-17(16)12-18/h4,6-7,10-12H,5,8-9,13H2,1-3H3,(H,22,24). The summed E-state index contributed by atoms with van der Waals surface area (Å²) in [6, 6.07) is 11.8. The SMILES string of the molecule is Cc1cccc(C)c1NC(=O)CN(C)C(=O)c1ccc2c(c1)CCC2. The van der Waals surface area contributed by atoms with Crippen molar-refractivity contribution in [2.24, 2.45) is 0 Å². The first-order valence-corrected chi connectivity index (χ1v) is 8.69. The zero-order chi connectivity index (χ0) is 18.0. The smallest absolute Gasteiger partial charge is 0.254 e. The lowest BCUT2D eigenvalue weighted by molar-refractivity contribution is -0.116. The molecular weight excluding hydrogens is 312 g/mol. The molecule has 1 aliphatic rings. The second-order valence-corrected chi connectivity index (χ2v) is 6.81. The molecule has 130 valence electrons. The van der Waals surface area contributed by atoms with Crippen LogP contribution < -0.4 is 5.32 Å². The van der Waals surface area contributed by atoms with E-state index in [1.807, 2.05) is 50.2 Å². The lowest BCUT2D eigenvalue weighted by atomic mass is 10.1. The lowest BCUT2D eigenvalue weighted by Gasteiger charge is -2.18. The number of likely N-dealkylation sites (N-methyl/N-ethyl adjacent to an activating group) is 1. The molecule has 1 N–H and O–H groups in total. The highest BCUT2D eigenvalue weighted by molar-refractivity contribution is 5.99. The number of carbonyl (C=O) groups excluding carboxylic acids is 2. The minimum Gasteiger partial charge on any atom is -0.332 e. The van der Waals surface area contributed by atoms with E-state index in [-0.39, 0.29) is 18.4 Å². The van der Waals surface area contributed by atoms with Crippen molar-refractivity contribution in [1.82, 2.24) is 4.90 Å². The Balaban J connectivity index is 1.66. The van der Waals surface area contributed by atoms with Gasteiger partial charge < -0.3 is 10.2 Å². The highest BCUT2D eigenvalue weighted by Gasteiger charge is 2.18. The summed E-state index contributed by atoms with van der Waals surface area (Å²) in [5, 5.41) is 2.92. The summed E-state index contributed by atoms with van der Waals surface area (Å²) in [7, 11) is 1.67. The Bertz CT molecular complexity index is 806. The topological polar surface area (TPSA) is 49.4 Å². The van der Waals surface area contributed by atoms with Crippen LogP contribution in [0.1, 0.15) is 39.0 Å². The molecule has 0 bridgehead atoms. The van der Waals surface area contributed by atoms with Gasteiger partial charge in [-0.1, -0.05) is 24.3 Å². The highest BCUT2D eigenvalue weighted by atomic mass is 16.2. The van der Waals surface area contributed by atoms with Gasteiger partial charge in [-0.25, -0.2) is 0 Å². The predicted octanol–water partition coefficient (Wildman–Crippen LogP) is 3.50. The average molecular weight is 336 g/mol. The van der Waals surface area contributed by atoms with E-state index in [1.165, 1.54) is 16.0 Å². The summed E-state index contributed by atoms with van der Waals surface area (Å²) in [4.78, 5) is 26.4. The third-order valence-corrected chi connectivity index (χ3v) is 4.82. The Morgan fingerprint density at radius 3 is 2.44 bits per heavy atom. The van der Waals surface area contributed by atoms with E-state index >= 15 is 0 Å². The second kappa shape index (κ2) is 7.09. The number of nitrogens with one attached hydrogen (secondary N) is 1. The maximum Gasteiger partial charge on any atom is 0.254 e. The normalized spacial score (nSPS) is 12.6. The molecule has 0 saturated carbocycles. The van der Waals surface area contributed by atoms with Crippen molar-refractivity contribution >= 4 is 17.5 Å². The monoisotopic (exact) mass is 336 g/mol. The third kappa shape index (κ3) is 3.73. The van der Waals surface area contributed by atoms with Crippen molar-refractivity contribution in [3.8, 4) is 0 Å². The molecule has 0 saturated heterocycles. The largest absolute Gasteiger partial charge is 0.332 e. The number of anilines is 1. The van der Waals surface area contributed by atoms with Crippen LogP contribution in [0.25, 0.3) is 0 Å². The molecule has 1 aliphatic carbocycles. The van der Waals surface area contributed by atoms with E-state index in [4.69, 9.17) is 0 Å². The minimum absolute atomic E-state index is 0.0314. The van der Waals surface area contributed by atoms with Gasteiger partial charge in [0, 0.05) is 18.3 Å². The number of amides is 2. The Labute approximate surface area is 148 Å². The molecule has 0 heterocycles. The number of fused-ring (bicyclic) bond motifs is 1. The summed E-state index contributed by atoms with van der Waals surface area (Å²) in [6.07, 6.45) is 3.28. The van der Waals surface area contributed by atoms with Crippen LogP contribution in [0.2, 0.25) is 0 Å². The first-order chi connectivity index (χ1) is 12.0. The van der Waals surface area contributed by atoms with Crippen molar-refractivity contribution in [1.29, 1.82) is 0 Å². The van der Waals surface area contributed by atoms with Crippen LogP contribution in [0.15, 0.2) is 36.4 Å². The molecule has 0 spiro atoms. The van der Waals surface area contributed by atoms with Gasteiger partial charge in [0.25, 0.3) is 5.91 Å². The van der Waals surface area contributed by atoms with Gasteiger partial charge in [-0.3, -0.25) is 9.59 Å². The summed E-state index contributed by atoms with van der Waals surface area (Å²) < 4.78 is 0. The number of hydrogen-bond acceptors (Lipinski definition) is 2. The van der Waals surface area contributed by atoms with Crippen LogP contribution in [0.5, 0.6) is 0 Å². The summed E-state index contributed by atoms with van der Waals surface area (Å²) in [5.74, 6) is -0.305. The second-order valence-electron chi connectivity index (χ2n) is 6.81. The quantitative estimate of drug-likeness (QED) is 0.929. The Morgan fingerprint density at radius 1 is 1.04 bits per heavy atom. The summed E-state index contributed by atoms with van der Waals surface area (Å²) in [6.45, 7) is 3.95. The minimum atomic E-state index is -0.186. The van der Waals surface area contributed by atoms with Crippen LogP contribution in [0.4, 0.5) is 5.69 Å². The van der Waals surface area contributed by atoms with E-state index in [1.54, 1.807) is 7.05 Å². The number of nitrogens with zero attached hydrogens (tertiary/aromatic N) is 1. The molecule has 4 heteroatoms. The van der Waals surface area contributed by atoms with E-state index < -0.39 is 0 Å². The van der Waals surface area contributed by atoms with Crippen molar-refractivity contribution in [3.05, 3.63) is 64.2 Å². The van der Waals surface area contributed by atoms with Crippen molar-refractivity contribution in [2.45, 2.75) is 33.1 Å². The van der Waals surface area contributed by atoms with Crippen LogP contribution in [0, 0.1) is 13.8 Å². The van der Waals surface area contributed by atoms with E-state index in [0.29, 0.717) is 5.56 Å². The Kier molecular flexibility index (Phi) is 4.88. The van der Waals surface area contributed by atoms with Gasteiger partial charge in [0.05, 0.1) is 6.54 Å². The zero-order valence-corrected chi connectivity index (χ0v) is 15.1. The molecule has 0 unspecified atom stereocenters. The molecule has 0 fully saturated rings. The van der Waals surface area contributed by atoms with Gasteiger partial charge >= 0.3 is 0 Å². The molecule has 2 amide bonds. The van der Waals surface area contributed by atoms with E-state index in [0.717, 1.165) is 36.1 Å². The molecule has 2 aromatic rings. The van der Waals surface area contributed by atoms with Crippen molar-refractivity contribution in [2.75, 3.05) is 18.9 Å². The van der Waals surface area contributed by atoms with Crippen LogP contribution in [-0.4, -0.2) is 30.3 Å². The van der Waals surface area contributed by atoms with Crippen LogP contribution in [0.3, 0.4) is 0 Å². The number of hydrogen-bond donors (Lipinski definition) is 1. The van der Waals surface area contributed by atoms with E-state index in [2.05, 4.69) is 5.32 Å². The molecule has 0 aromatic heterocycles. The van der Waals surface area contributed by atoms with E-state index in [9.17, 15) is 9.59 Å². The van der Waals surface area contributed by atoms with Gasteiger partial charge in [-0.05, 0) is 67.5 Å². The number of para-hydroxylation sites is 1. The molecule has 0 aliphatic heterocycles. The molecular formula is C21H24N2O2. The van der Waals surface area contributed by atoms with Crippen LogP contribution in [-0.2, 0) is 17.6 Å². The fraction of sp³-hybridized carbons (Fsp3) is 0.333. The van der Waals surface area contributed by atoms with Crippen molar-refractivity contribution in [3.63, 3.8) is 0 Å². The number of carbonyl (C=O) groups is 2. The maximum atomic E-state index is 12.6. The number of rotatable bonds is 4. The first kappa shape index (κ1) is 17.2. The van der Waals surface area contributed by atoms with Gasteiger partial charge in [0.2, 0.25) is 5.91 Å². The molecule has 0 atom stereocenters. The maximum absolute atomic E-state index is 12.6. The average Bonchev–Trinajstić information content (AvgIpc) is 3.05. The number of benzene rings is 2. The highest BCUT2D eigenvalue weighted by Crippen LogP contribution is 2.23. The lowest BCUT2D eigenvalue weighted by Crippen LogP contribution is -2.35. The molecule has 3 rings (SSSR count). The van der Waals surface area contributed by atoms with Gasteiger partial charge in [-0.2, -0.15) is 0 Å². The van der Waals surface area contributed by atoms with Crippen molar-refractivity contribution < 1.29 is 9.59 Å². The Morgan fingerprint density at radius 2 is 1.72 bits per heavy atom. The fourth-order valence-electron chi connectivity index (χ4n) is 3.40. The predicted molar refractivity (Wildman–Crippen MR) is 100.0 cm³/mol. The summed E-state index contributed by atoms with van der Waals surface area (Å²) >= 11 is 0. The Hall–Kier alpha value is -2.62. The van der Waals surface area contributed by atoms with Gasteiger partial charge in [-0.15, -0.1) is 0 Å².